The lowest BCUT2D eigenvalue weighted by molar-refractivity contribution is -0.122. The Labute approximate surface area is 236 Å². The lowest BCUT2D eigenvalue weighted by Crippen LogP contribution is -2.48. The lowest BCUT2D eigenvalue weighted by atomic mass is 9.87. The molecular formula is C33H34N2O4S. The Hall–Kier alpha value is -4.10. The highest BCUT2D eigenvalue weighted by Gasteiger charge is 2.42. The molecule has 1 aliphatic rings. The third kappa shape index (κ3) is 5.75. The van der Waals surface area contributed by atoms with E-state index in [0.29, 0.717) is 25.1 Å². The van der Waals surface area contributed by atoms with Gasteiger partial charge in [-0.05, 0) is 64.9 Å². The number of benzene rings is 4. The van der Waals surface area contributed by atoms with E-state index in [-0.39, 0.29) is 16.2 Å². The fraction of sp³-hybridized carbons (Fsp3) is 0.242. The standard InChI is InChI=1S/C33H34N2O4S/c1-33(2,3)26-17-19-28(20-18-26)40(37,38)35-29-15-9-7-12-25(29)23-30(35)32(36)34-22-21-24-11-8-10-16-31(24)39-27-13-5-4-6-14-27/h4-20,30H,21-23H2,1-3H3,(H,34,36)/t30-/m0/s1. The smallest absolute Gasteiger partial charge is 0.265 e. The Morgan fingerprint density at radius 2 is 1.52 bits per heavy atom. The van der Waals surface area contributed by atoms with Gasteiger partial charge in [0.15, 0.2) is 0 Å². The number of hydrogen-bond donors (Lipinski definition) is 1. The van der Waals surface area contributed by atoms with Gasteiger partial charge in [0.25, 0.3) is 10.0 Å². The van der Waals surface area contributed by atoms with E-state index < -0.39 is 16.1 Å². The molecule has 0 radical (unpaired) electrons. The van der Waals surface area contributed by atoms with Crippen molar-refractivity contribution in [1.82, 2.24) is 5.32 Å². The van der Waals surface area contributed by atoms with Crippen LogP contribution in [0.5, 0.6) is 11.5 Å². The summed E-state index contributed by atoms with van der Waals surface area (Å²) < 4.78 is 35.2. The molecule has 6 nitrogen and oxygen atoms in total. The maximum Gasteiger partial charge on any atom is 0.265 e. The largest absolute Gasteiger partial charge is 0.457 e. The van der Waals surface area contributed by atoms with Crippen molar-refractivity contribution in [2.45, 2.75) is 50.0 Å². The molecular weight excluding hydrogens is 520 g/mol. The fourth-order valence-electron chi connectivity index (χ4n) is 4.96. The Kier molecular flexibility index (Phi) is 7.68. The molecule has 206 valence electrons. The van der Waals surface area contributed by atoms with Crippen molar-refractivity contribution >= 4 is 21.6 Å². The monoisotopic (exact) mass is 554 g/mol. The first-order valence-corrected chi connectivity index (χ1v) is 14.9. The molecule has 1 N–H and O–H groups in total. The molecule has 0 aromatic heterocycles. The van der Waals surface area contributed by atoms with Gasteiger partial charge in [-0.25, -0.2) is 8.42 Å². The normalized spacial score (nSPS) is 15.0. The lowest BCUT2D eigenvalue weighted by Gasteiger charge is -2.27. The highest BCUT2D eigenvalue weighted by atomic mass is 32.2. The Morgan fingerprint density at radius 3 is 2.25 bits per heavy atom. The van der Waals surface area contributed by atoms with E-state index in [1.807, 2.05) is 78.9 Å². The fourth-order valence-corrected chi connectivity index (χ4v) is 6.61. The number of carbonyl (C=O) groups excluding carboxylic acids is 1. The molecule has 0 unspecified atom stereocenters. The number of sulfonamides is 1. The average molecular weight is 555 g/mol. The van der Waals surface area contributed by atoms with E-state index in [0.717, 1.165) is 28.2 Å². The minimum atomic E-state index is -3.97. The van der Waals surface area contributed by atoms with Crippen LogP contribution in [0.25, 0.3) is 0 Å². The maximum absolute atomic E-state index is 13.9. The molecule has 0 bridgehead atoms. The number of carbonyl (C=O) groups is 1. The minimum Gasteiger partial charge on any atom is -0.457 e. The second kappa shape index (κ2) is 11.2. The van der Waals surface area contributed by atoms with Crippen LogP contribution >= 0.6 is 0 Å². The number of para-hydroxylation sites is 3. The van der Waals surface area contributed by atoms with Gasteiger partial charge in [0.1, 0.15) is 17.5 Å². The summed E-state index contributed by atoms with van der Waals surface area (Å²) in [5.41, 5.74) is 3.27. The molecule has 1 aliphatic heterocycles. The molecule has 0 fully saturated rings. The van der Waals surface area contributed by atoms with Gasteiger partial charge in [-0.2, -0.15) is 0 Å². The molecule has 40 heavy (non-hydrogen) atoms. The van der Waals surface area contributed by atoms with Crippen molar-refractivity contribution in [1.29, 1.82) is 0 Å². The number of ether oxygens (including phenoxy) is 1. The molecule has 0 spiro atoms. The number of nitrogens with zero attached hydrogens (tertiary/aromatic N) is 1. The molecule has 1 atom stereocenters. The highest BCUT2D eigenvalue weighted by molar-refractivity contribution is 7.93. The second-order valence-corrected chi connectivity index (χ2v) is 12.8. The zero-order valence-corrected chi connectivity index (χ0v) is 23.8. The molecule has 7 heteroatoms. The Bertz CT molecular complexity index is 1590. The molecule has 4 aromatic carbocycles. The molecule has 0 saturated carbocycles. The minimum absolute atomic E-state index is 0.101. The van der Waals surface area contributed by atoms with Crippen molar-refractivity contribution in [3.63, 3.8) is 0 Å². The summed E-state index contributed by atoms with van der Waals surface area (Å²) in [5, 5.41) is 2.98. The first-order chi connectivity index (χ1) is 19.1. The Morgan fingerprint density at radius 1 is 0.875 bits per heavy atom. The van der Waals surface area contributed by atoms with E-state index in [4.69, 9.17) is 4.74 Å². The topological polar surface area (TPSA) is 75.7 Å². The number of anilines is 1. The van der Waals surface area contributed by atoms with Gasteiger partial charge in [0, 0.05) is 13.0 Å². The molecule has 1 heterocycles. The third-order valence-electron chi connectivity index (χ3n) is 7.14. The second-order valence-electron chi connectivity index (χ2n) is 11.0. The van der Waals surface area contributed by atoms with Crippen molar-refractivity contribution in [2.24, 2.45) is 0 Å². The number of amides is 1. The molecule has 0 aliphatic carbocycles. The number of hydrogen-bond acceptors (Lipinski definition) is 4. The highest BCUT2D eigenvalue weighted by Crippen LogP contribution is 2.37. The van der Waals surface area contributed by atoms with Gasteiger partial charge < -0.3 is 10.1 Å². The summed E-state index contributed by atoms with van der Waals surface area (Å²) in [4.78, 5) is 13.7. The number of fused-ring (bicyclic) bond motifs is 1. The average Bonchev–Trinajstić information content (AvgIpc) is 3.35. The van der Waals surface area contributed by atoms with Gasteiger partial charge in [0.2, 0.25) is 5.91 Å². The van der Waals surface area contributed by atoms with Crippen LogP contribution in [-0.4, -0.2) is 26.9 Å². The zero-order valence-electron chi connectivity index (χ0n) is 23.0. The van der Waals surface area contributed by atoms with Crippen LogP contribution in [0.4, 0.5) is 5.69 Å². The molecule has 5 rings (SSSR count). The van der Waals surface area contributed by atoms with E-state index in [2.05, 4.69) is 26.1 Å². The van der Waals surface area contributed by atoms with E-state index in [1.54, 1.807) is 24.3 Å². The van der Waals surface area contributed by atoms with Crippen LogP contribution in [0, 0.1) is 0 Å². The van der Waals surface area contributed by atoms with Crippen molar-refractivity contribution in [3.8, 4) is 11.5 Å². The van der Waals surface area contributed by atoms with Gasteiger partial charge in [0.05, 0.1) is 10.6 Å². The number of nitrogens with one attached hydrogen (secondary N) is 1. The predicted molar refractivity (Wildman–Crippen MR) is 158 cm³/mol. The first kappa shape index (κ1) is 27.5. The third-order valence-corrected chi connectivity index (χ3v) is 8.98. The van der Waals surface area contributed by atoms with Gasteiger partial charge in [-0.3, -0.25) is 9.10 Å². The summed E-state index contributed by atoms with van der Waals surface area (Å²) >= 11 is 0. The van der Waals surface area contributed by atoms with E-state index in [9.17, 15) is 13.2 Å². The van der Waals surface area contributed by atoms with Gasteiger partial charge in [-0.15, -0.1) is 0 Å². The van der Waals surface area contributed by atoms with Crippen molar-refractivity contribution in [2.75, 3.05) is 10.8 Å². The first-order valence-electron chi connectivity index (χ1n) is 13.5. The van der Waals surface area contributed by atoms with Crippen LogP contribution in [0.1, 0.15) is 37.5 Å². The molecule has 4 aromatic rings. The van der Waals surface area contributed by atoms with Gasteiger partial charge >= 0.3 is 0 Å². The van der Waals surface area contributed by atoms with E-state index in [1.165, 1.54) is 4.31 Å². The summed E-state index contributed by atoms with van der Waals surface area (Å²) in [6.45, 7) is 6.59. The van der Waals surface area contributed by atoms with Crippen molar-refractivity contribution < 1.29 is 17.9 Å². The Balaban J connectivity index is 1.33. The zero-order chi connectivity index (χ0) is 28.3. The summed E-state index contributed by atoms with van der Waals surface area (Å²) in [5.74, 6) is 1.13. The van der Waals surface area contributed by atoms with Crippen LogP contribution in [0.3, 0.4) is 0 Å². The van der Waals surface area contributed by atoms with Crippen LogP contribution in [0.2, 0.25) is 0 Å². The predicted octanol–water partition coefficient (Wildman–Crippen LogP) is 6.26. The SMILES string of the molecule is CC(C)(C)c1ccc(S(=O)(=O)N2c3ccccc3C[C@H]2C(=O)NCCc2ccccc2Oc2ccccc2)cc1. The summed E-state index contributed by atoms with van der Waals surface area (Å²) in [6.07, 6.45) is 0.852. The summed E-state index contributed by atoms with van der Waals surface area (Å²) in [6, 6.07) is 30.6. The van der Waals surface area contributed by atoms with Gasteiger partial charge in [-0.1, -0.05) is 87.5 Å². The molecule has 1 amide bonds. The van der Waals surface area contributed by atoms with Crippen LogP contribution in [-0.2, 0) is 33.1 Å². The van der Waals surface area contributed by atoms with E-state index >= 15 is 0 Å². The molecule has 0 saturated heterocycles. The maximum atomic E-state index is 13.9. The summed E-state index contributed by atoms with van der Waals surface area (Å²) in [7, 11) is -3.97. The number of rotatable bonds is 8. The van der Waals surface area contributed by atoms with Crippen LogP contribution in [0.15, 0.2) is 108 Å². The van der Waals surface area contributed by atoms with Crippen molar-refractivity contribution in [3.05, 3.63) is 120 Å². The quantitative estimate of drug-likeness (QED) is 0.279. The van der Waals surface area contributed by atoms with Crippen LogP contribution < -0.4 is 14.4 Å².